The predicted octanol–water partition coefficient (Wildman–Crippen LogP) is 1.49. The molecule has 0 saturated heterocycles. The molecule has 1 aliphatic heterocycles. The van der Waals surface area contributed by atoms with Crippen molar-refractivity contribution in [3.63, 3.8) is 0 Å². The molecule has 0 bridgehead atoms. The number of halogens is 1. The third-order valence-electron chi connectivity index (χ3n) is 5.15. The molecule has 2 aromatic rings. The number of rotatable bonds is 5. The average Bonchev–Trinajstić information content (AvgIpc) is 2.71. The number of benzene rings is 2. The molecule has 128 valence electrons. The van der Waals surface area contributed by atoms with Crippen molar-refractivity contribution in [3.05, 3.63) is 42.0 Å². The van der Waals surface area contributed by atoms with E-state index in [9.17, 15) is 4.79 Å². The lowest BCUT2D eigenvalue weighted by Gasteiger charge is -2.17. The molecule has 4 heteroatoms. The van der Waals surface area contributed by atoms with E-state index in [4.69, 9.17) is 5.11 Å². The maximum atomic E-state index is 10.7. The van der Waals surface area contributed by atoms with E-state index in [0.717, 1.165) is 19.4 Å². The van der Waals surface area contributed by atoms with Gasteiger partial charge in [0.15, 0.2) is 5.71 Å². The van der Waals surface area contributed by atoms with Crippen LogP contribution >= 0.6 is 0 Å². The van der Waals surface area contributed by atoms with E-state index in [2.05, 4.69) is 61.7 Å². The first-order valence-corrected chi connectivity index (χ1v) is 8.28. The standard InChI is InChI=1S/C20H23NO2.BrH/c1-14-20(2,3)19-16-9-5-4-8-15(16)11-12-17(19)21(14)13-7-6-10-18(22)23;/h4-5,8-9,11-12H,6-7,10,13H2,1-3H3;1H. The smallest absolute Gasteiger partial charge is 0.303 e. The molecule has 1 aliphatic rings. The fourth-order valence-corrected chi connectivity index (χ4v) is 3.68. The summed E-state index contributed by atoms with van der Waals surface area (Å²) in [4.78, 5) is 10.7. The van der Waals surface area contributed by atoms with Gasteiger partial charge in [0, 0.05) is 31.4 Å². The minimum atomic E-state index is -0.709. The third kappa shape index (κ3) is 3.12. The summed E-state index contributed by atoms with van der Waals surface area (Å²) in [5, 5.41) is 11.4. The van der Waals surface area contributed by atoms with E-state index < -0.39 is 5.97 Å². The van der Waals surface area contributed by atoms with Crippen LogP contribution in [0, 0.1) is 0 Å². The first-order valence-electron chi connectivity index (χ1n) is 8.28. The Labute approximate surface area is 153 Å². The SMILES string of the molecule is CC1=[N+](CCCCC(=O)O)c2ccc3ccccc3c2C1(C)C.[Br-]. The molecule has 0 radical (unpaired) electrons. The zero-order valence-electron chi connectivity index (χ0n) is 14.5. The molecule has 0 aromatic heterocycles. The maximum absolute atomic E-state index is 10.7. The van der Waals surface area contributed by atoms with E-state index in [-0.39, 0.29) is 28.8 Å². The molecule has 0 saturated carbocycles. The van der Waals surface area contributed by atoms with Crippen LogP contribution in [-0.4, -0.2) is 27.9 Å². The van der Waals surface area contributed by atoms with Crippen molar-refractivity contribution in [1.29, 1.82) is 0 Å². The summed E-state index contributed by atoms with van der Waals surface area (Å²) in [6, 6.07) is 13.0. The number of nitrogens with zero attached hydrogens (tertiary/aromatic N) is 1. The van der Waals surface area contributed by atoms with Gasteiger partial charge >= 0.3 is 5.97 Å². The Morgan fingerprint density at radius 2 is 1.83 bits per heavy atom. The number of unbranched alkanes of at least 4 members (excludes halogenated alkanes) is 1. The number of fused-ring (bicyclic) bond motifs is 3. The van der Waals surface area contributed by atoms with Gasteiger partial charge in [0.1, 0.15) is 6.54 Å². The van der Waals surface area contributed by atoms with Crippen molar-refractivity contribution in [2.45, 2.75) is 45.4 Å². The second-order valence-corrected chi connectivity index (χ2v) is 6.89. The normalized spacial score (nSPS) is 15.3. The molecular formula is C20H24BrNO2. The number of carboxylic acids is 1. The highest BCUT2D eigenvalue weighted by Crippen LogP contribution is 2.43. The van der Waals surface area contributed by atoms with E-state index >= 15 is 0 Å². The Hall–Kier alpha value is -1.68. The molecular weight excluding hydrogens is 366 g/mol. The van der Waals surface area contributed by atoms with Gasteiger partial charge in [-0.2, -0.15) is 4.58 Å². The lowest BCUT2D eigenvalue weighted by molar-refractivity contribution is -0.439. The van der Waals surface area contributed by atoms with Crippen molar-refractivity contribution in [3.8, 4) is 0 Å². The molecule has 2 aromatic carbocycles. The van der Waals surface area contributed by atoms with Crippen LogP contribution in [0.4, 0.5) is 5.69 Å². The Kier molecular flexibility index (Phi) is 5.49. The van der Waals surface area contributed by atoms with Crippen molar-refractivity contribution in [2.24, 2.45) is 0 Å². The van der Waals surface area contributed by atoms with Crippen LogP contribution in [0.3, 0.4) is 0 Å². The molecule has 0 aliphatic carbocycles. The topological polar surface area (TPSA) is 40.3 Å². The van der Waals surface area contributed by atoms with Crippen molar-refractivity contribution in [2.75, 3.05) is 6.54 Å². The highest BCUT2D eigenvalue weighted by Gasteiger charge is 2.43. The van der Waals surface area contributed by atoms with Gasteiger partial charge in [0.2, 0.25) is 5.69 Å². The van der Waals surface area contributed by atoms with Crippen LogP contribution in [-0.2, 0) is 10.2 Å². The van der Waals surface area contributed by atoms with Crippen LogP contribution < -0.4 is 17.0 Å². The summed E-state index contributed by atoms with van der Waals surface area (Å²) in [5.74, 6) is -0.709. The number of carbonyl (C=O) groups is 1. The van der Waals surface area contributed by atoms with Gasteiger partial charge < -0.3 is 22.1 Å². The molecule has 0 spiro atoms. The summed E-state index contributed by atoms with van der Waals surface area (Å²) in [6.45, 7) is 7.65. The van der Waals surface area contributed by atoms with Gasteiger partial charge in [-0.25, -0.2) is 0 Å². The highest BCUT2D eigenvalue weighted by atomic mass is 79.9. The Balaban J connectivity index is 0.00000208. The molecule has 0 unspecified atom stereocenters. The second kappa shape index (κ2) is 7.06. The van der Waals surface area contributed by atoms with Gasteiger partial charge in [0.25, 0.3) is 0 Å². The molecule has 0 amide bonds. The van der Waals surface area contributed by atoms with Gasteiger partial charge in [-0.3, -0.25) is 4.79 Å². The lowest BCUT2D eigenvalue weighted by Crippen LogP contribution is -3.00. The maximum Gasteiger partial charge on any atom is 0.303 e. The zero-order chi connectivity index (χ0) is 16.6. The van der Waals surface area contributed by atoms with Crippen LogP contribution in [0.1, 0.15) is 45.6 Å². The summed E-state index contributed by atoms with van der Waals surface area (Å²) in [6.07, 6.45) is 1.87. The van der Waals surface area contributed by atoms with Crippen LogP contribution in [0.2, 0.25) is 0 Å². The zero-order valence-corrected chi connectivity index (χ0v) is 16.1. The van der Waals surface area contributed by atoms with Gasteiger partial charge in [0.05, 0.1) is 5.41 Å². The largest absolute Gasteiger partial charge is 1.00 e. The summed E-state index contributed by atoms with van der Waals surface area (Å²) < 4.78 is 2.38. The minimum absolute atomic E-state index is 0. The minimum Gasteiger partial charge on any atom is -1.00 e. The van der Waals surface area contributed by atoms with Crippen LogP contribution in [0.25, 0.3) is 10.8 Å². The summed E-state index contributed by atoms with van der Waals surface area (Å²) >= 11 is 0. The van der Waals surface area contributed by atoms with Gasteiger partial charge in [-0.1, -0.05) is 24.3 Å². The number of aliphatic carboxylic acids is 1. The quantitative estimate of drug-likeness (QED) is 0.621. The Morgan fingerprint density at radius 1 is 1.12 bits per heavy atom. The van der Waals surface area contributed by atoms with Gasteiger partial charge in [-0.15, -0.1) is 0 Å². The molecule has 1 heterocycles. The van der Waals surface area contributed by atoms with Crippen LogP contribution in [0.5, 0.6) is 0 Å². The Morgan fingerprint density at radius 3 is 2.54 bits per heavy atom. The number of hydrogen-bond acceptors (Lipinski definition) is 1. The van der Waals surface area contributed by atoms with Crippen LogP contribution in [0.15, 0.2) is 36.4 Å². The van der Waals surface area contributed by atoms with E-state index in [1.807, 2.05) is 0 Å². The van der Waals surface area contributed by atoms with Crippen molar-refractivity contribution in [1.82, 2.24) is 0 Å². The van der Waals surface area contributed by atoms with Crippen molar-refractivity contribution >= 4 is 28.1 Å². The van der Waals surface area contributed by atoms with Gasteiger partial charge in [-0.05, 0) is 37.1 Å². The van der Waals surface area contributed by atoms with E-state index in [1.165, 1.54) is 27.7 Å². The van der Waals surface area contributed by atoms with E-state index in [0.29, 0.717) is 0 Å². The third-order valence-corrected chi connectivity index (χ3v) is 5.15. The number of hydrogen-bond donors (Lipinski definition) is 1. The highest BCUT2D eigenvalue weighted by molar-refractivity contribution is 6.01. The molecule has 24 heavy (non-hydrogen) atoms. The average molecular weight is 390 g/mol. The predicted molar refractivity (Wildman–Crippen MR) is 93.9 cm³/mol. The number of carboxylic acid groups (broad SMARTS) is 1. The fourth-order valence-electron chi connectivity index (χ4n) is 3.68. The lowest BCUT2D eigenvalue weighted by atomic mass is 9.80. The molecule has 3 rings (SSSR count). The summed E-state index contributed by atoms with van der Waals surface area (Å²) in [7, 11) is 0. The van der Waals surface area contributed by atoms with Crippen molar-refractivity contribution < 1.29 is 31.5 Å². The molecule has 0 atom stereocenters. The second-order valence-electron chi connectivity index (χ2n) is 6.89. The first-order chi connectivity index (χ1) is 10.9. The molecule has 0 fully saturated rings. The first kappa shape index (κ1) is 18.7. The van der Waals surface area contributed by atoms with E-state index in [1.54, 1.807) is 0 Å². The monoisotopic (exact) mass is 389 g/mol. The molecule has 3 nitrogen and oxygen atoms in total. The Bertz CT molecular complexity index is 808. The summed E-state index contributed by atoms with van der Waals surface area (Å²) in [5.41, 5.74) is 4.02. The fraction of sp³-hybridized carbons (Fsp3) is 0.400. The molecule has 1 N–H and O–H groups in total.